The molecule has 3 heterocycles. The zero-order valence-corrected chi connectivity index (χ0v) is 15.7. The van der Waals surface area contributed by atoms with E-state index in [0.29, 0.717) is 28.2 Å². The number of fused-ring (bicyclic) bond motifs is 2. The highest BCUT2D eigenvalue weighted by molar-refractivity contribution is 5.95. The molecule has 0 saturated heterocycles. The van der Waals surface area contributed by atoms with E-state index < -0.39 is 17.7 Å². The van der Waals surface area contributed by atoms with Gasteiger partial charge in [-0.3, -0.25) is 4.79 Å². The standard InChI is InChI=1S/C21H15F3N4O2/c1-11-18-14(12-6-8-13(9-7-12)21(22,23)24)10-17(29)26-19(18)28(27-11)20-25-15-4-2-3-5-16(15)30-20/h2-9,14H,10H2,1H3,(H,26,29)/t14-/m1/s1. The first kappa shape index (κ1) is 18.4. The van der Waals surface area contributed by atoms with Crippen LogP contribution in [0.5, 0.6) is 0 Å². The molecule has 0 spiro atoms. The van der Waals surface area contributed by atoms with Gasteiger partial charge in [-0.05, 0) is 36.8 Å². The molecule has 30 heavy (non-hydrogen) atoms. The van der Waals surface area contributed by atoms with Crippen LogP contribution in [0, 0.1) is 6.92 Å². The summed E-state index contributed by atoms with van der Waals surface area (Å²) in [7, 11) is 0. The minimum Gasteiger partial charge on any atom is -0.422 e. The average Bonchev–Trinajstić information content (AvgIpc) is 3.28. The number of alkyl halides is 3. The minimum atomic E-state index is -4.42. The van der Waals surface area contributed by atoms with E-state index in [4.69, 9.17) is 4.42 Å². The fraction of sp³-hybridized carbons (Fsp3) is 0.190. The highest BCUT2D eigenvalue weighted by Crippen LogP contribution is 2.41. The highest BCUT2D eigenvalue weighted by Gasteiger charge is 2.35. The Morgan fingerprint density at radius 1 is 1.13 bits per heavy atom. The van der Waals surface area contributed by atoms with Crippen molar-refractivity contribution in [2.24, 2.45) is 0 Å². The summed E-state index contributed by atoms with van der Waals surface area (Å²) in [6, 6.07) is 12.3. The van der Waals surface area contributed by atoms with Gasteiger partial charge in [0, 0.05) is 17.9 Å². The van der Waals surface area contributed by atoms with Gasteiger partial charge in [-0.25, -0.2) is 0 Å². The van der Waals surface area contributed by atoms with Crippen molar-refractivity contribution < 1.29 is 22.4 Å². The van der Waals surface area contributed by atoms with Gasteiger partial charge >= 0.3 is 12.2 Å². The van der Waals surface area contributed by atoms with Crippen molar-refractivity contribution in [1.29, 1.82) is 0 Å². The lowest BCUT2D eigenvalue weighted by Gasteiger charge is -2.24. The third-order valence-electron chi connectivity index (χ3n) is 5.21. The predicted octanol–water partition coefficient (Wildman–Crippen LogP) is 4.81. The van der Waals surface area contributed by atoms with E-state index in [1.165, 1.54) is 16.8 Å². The molecule has 1 atom stereocenters. The van der Waals surface area contributed by atoms with Crippen LogP contribution in [0.25, 0.3) is 17.1 Å². The second kappa shape index (κ2) is 6.45. The second-order valence-electron chi connectivity index (χ2n) is 7.15. The monoisotopic (exact) mass is 412 g/mol. The van der Waals surface area contributed by atoms with E-state index in [1.807, 2.05) is 12.1 Å². The molecule has 1 N–H and O–H groups in total. The summed E-state index contributed by atoms with van der Waals surface area (Å²) in [6.45, 7) is 1.78. The average molecular weight is 412 g/mol. The van der Waals surface area contributed by atoms with Crippen LogP contribution in [0.1, 0.15) is 34.7 Å². The van der Waals surface area contributed by atoms with Crippen LogP contribution in [-0.2, 0) is 11.0 Å². The second-order valence-corrected chi connectivity index (χ2v) is 7.15. The first-order chi connectivity index (χ1) is 14.3. The Hall–Kier alpha value is -3.62. The number of amides is 1. The summed E-state index contributed by atoms with van der Waals surface area (Å²) in [5, 5.41) is 7.30. The molecule has 6 nitrogen and oxygen atoms in total. The van der Waals surface area contributed by atoms with Crippen molar-refractivity contribution in [2.75, 3.05) is 5.32 Å². The van der Waals surface area contributed by atoms with Gasteiger partial charge in [-0.1, -0.05) is 24.3 Å². The van der Waals surface area contributed by atoms with E-state index in [2.05, 4.69) is 15.4 Å². The zero-order valence-electron chi connectivity index (χ0n) is 15.7. The largest absolute Gasteiger partial charge is 0.422 e. The van der Waals surface area contributed by atoms with Crippen molar-refractivity contribution in [3.05, 3.63) is 70.9 Å². The smallest absolute Gasteiger partial charge is 0.416 e. The van der Waals surface area contributed by atoms with Gasteiger partial charge in [0.1, 0.15) is 11.3 Å². The molecule has 0 aliphatic carbocycles. The Morgan fingerprint density at radius 2 is 1.87 bits per heavy atom. The first-order valence-electron chi connectivity index (χ1n) is 9.24. The molecule has 2 aromatic carbocycles. The van der Waals surface area contributed by atoms with Gasteiger partial charge in [-0.15, -0.1) is 0 Å². The molecule has 152 valence electrons. The fourth-order valence-corrected chi connectivity index (χ4v) is 3.83. The number of nitrogens with zero attached hydrogens (tertiary/aromatic N) is 3. The number of halogens is 3. The number of oxazole rings is 1. The molecule has 0 radical (unpaired) electrons. The molecule has 0 unspecified atom stereocenters. The zero-order chi connectivity index (χ0) is 21.0. The molecule has 1 aliphatic rings. The summed E-state index contributed by atoms with van der Waals surface area (Å²) < 4.78 is 45.9. The molecule has 9 heteroatoms. The number of hydrogen-bond donors (Lipinski definition) is 1. The summed E-state index contributed by atoms with van der Waals surface area (Å²) in [4.78, 5) is 16.8. The molecule has 0 fully saturated rings. The molecule has 1 amide bonds. The van der Waals surface area contributed by atoms with Crippen LogP contribution in [0.3, 0.4) is 0 Å². The predicted molar refractivity (Wildman–Crippen MR) is 102 cm³/mol. The lowest BCUT2D eigenvalue weighted by molar-refractivity contribution is -0.137. The fourth-order valence-electron chi connectivity index (χ4n) is 3.83. The van der Waals surface area contributed by atoms with Gasteiger partial charge in [-0.2, -0.15) is 27.9 Å². The minimum absolute atomic E-state index is 0.110. The van der Waals surface area contributed by atoms with Crippen molar-refractivity contribution in [3.8, 4) is 6.01 Å². The quantitative estimate of drug-likeness (QED) is 0.513. The number of nitrogens with one attached hydrogen (secondary N) is 1. The summed E-state index contributed by atoms with van der Waals surface area (Å²) in [5.74, 6) is -0.265. The number of anilines is 1. The third kappa shape index (κ3) is 2.94. The Labute approximate surface area is 168 Å². The van der Waals surface area contributed by atoms with Crippen molar-refractivity contribution in [3.63, 3.8) is 0 Å². The van der Waals surface area contributed by atoms with Crippen LogP contribution in [0.15, 0.2) is 52.9 Å². The number of carbonyl (C=O) groups excluding carboxylic acids is 1. The van der Waals surface area contributed by atoms with Crippen molar-refractivity contribution in [1.82, 2.24) is 14.8 Å². The Kier molecular flexibility index (Phi) is 3.96. The molecule has 1 aliphatic heterocycles. The van der Waals surface area contributed by atoms with E-state index in [-0.39, 0.29) is 18.3 Å². The maximum Gasteiger partial charge on any atom is 0.416 e. The SMILES string of the molecule is Cc1nn(-c2nc3ccccc3o2)c2c1[C@@H](c1ccc(C(F)(F)F)cc1)CC(=O)N2. The summed E-state index contributed by atoms with van der Waals surface area (Å²) in [5.41, 5.74) is 2.48. The van der Waals surface area contributed by atoms with E-state index in [1.54, 1.807) is 19.1 Å². The first-order valence-corrected chi connectivity index (χ1v) is 9.24. The van der Waals surface area contributed by atoms with Crippen LogP contribution in [-0.4, -0.2) is 20.7 Å². The van der Waals surface area contributed by atoms with Gasteiger partial charge in [0.25, 0.3) is 0 Å². The lowest BCUT2D eigenvalue weighted by Crippen LogP contribution is -2.25. The van der Waals surface area contributed by atoms with E-state index in [0.717, 1.165) is 17.7 Å². The number of carbonyl (C=O) groups is 1. The number of para-hydroxylation sites is 2. The van der Waals surface area contributed by atoms with Crippen LogP contribution in [0.2, 0.25) is 0 Å². The molecule has 0 saturated carbocycles. The summed E-state index contributed by atoms with van der Waals surface area (Å²) >= 11 is 0. The Balaban J connectivity index is 1.61. The molecule has 0 bridgehead atoms. The molecular formula is C21H15F3N4O2. The van der Waals surface area contributed by atoms with Gasteiger partial charge in [0.15, 0.2) is 5.58 Å². The van der Waals surface area contributed by atoms with Crippen LogP contribution >= 0.6 is 0 Å². The van der Waals surface area contributed by atoms with Crippen molar-refractivity contribution in [2.45, 2.75) is 25.4 Å². The number of aryl methyl sites for hydroxylation is 1. The van der Waals surface area contributed by atoms with Crippen LogP contribution in [0.4, 0.5) is 19.0 Å². The highest BCUT2D eigenvalue weighted by atomic mass is 19.4. The normalized spacial score (nSPS) is 16.5. The van der Waals surface area contributed by atoms with Gasteiger partial charge in [0.05, 0.1) is 11.3 Å². The number of benzene rings is 2. The van der Waals surface area contributed by atoms with Gasteiger partial charge in [0.2, 0.25) is 5.91 Å². The molecule has 2 aromatic heterocycles. The molecule has 5 rings (SSSR count). The molecular weight excluding hydrogens is 397 g/mol. The Bertz CT molecular complexity index is 1240. The van der Waals surface area contributed by atoms with Gasteiger partial charge < -0.3 is 9.73 Å². The maximum atomic E-state index is 12.9. The number of hydrogen-bond acceptors (Lipinski definition) is 4. The Morgan fingerprint density at radius 3 is 2.57 bits per heavy atom. The number of aromatic nitrogens is 3. The third-order valence-corrected chi connectivity index (χ3v) is 5.21. The molecule has 4 aromatic rings. The van der Waals surface area contributed by atoms with E-state index in [9.17, 15) is 18.0 Å². The van der Waals surface area contributed by atoms with Crippen LogP contribution < -0.4 is 5.32 Å². The van der Waals surface area contributed by atoms with Crippen molar-refractivity contribution >= 4 is 22.8 Å². The maximum absolute atomic E-state index is 12.9. The summed E-state index contributed by atoms with van der Waals surface area (Å²) in [6.07, 6.45) is -4.31. The number of rotatable bonds is 2. The lowest BCUT2D eigenvalue weighted by atomic mass is 9.85. The van der Waals surface area contributed by atoms with E-state index >= 15 is 0 Å². The topological polar surface area (TPSA) is 73.0 Å².